The van der Waals surface area contributed by atoms with Crippen molar-refractivity contribution in [2.45, 2.75) is 44.5 Å². The van der Waals surface area contributed by atoms with Gasteiger partial charge in [-0.3, -0.25) is 0 Å². The SMILES string of the molecule is NC(CCCCB(O)O)C1CCNCC1.O=C=O. The van der Waals surface area contributed by atoms with Crippen molar-refractivity contribution in [3.63, 3.8) is 0 Å². The molecule has 1 aliphatic rings. The predicted octanol–water partition coefficient (Wildman–Crippen LogP) is -0.627. The molecule has 1 atom stereocenters. The van der Waals surface area contributed by atoms with E-state index in [0.29, 0.717) is 18.3 Å². The van der Waals surface area contributed by atoms with Gasteiger partial charge in [-0.15, -0.1) is 0 Å². The zero-order valence-electron chi connectivity index (χ0n) is 10.7. The number of nitrogens with one attached hydrogen (secondary N) is 1. The molecule has 5 N–H and O–H groups in total. The number of unbranched alkanes of at least 4 members (excludes halogenated alkanes) is 1. The second-order valence-electron chi connectivity index (χ2n) is 4.60. The molecule has 0 spiro atoms. The molecule has 7 heteroatoms. The third kappa shape index (κ3) is 9.33. The van der Waals surface area contributed by atoms with Crippen LogP contribution < -0.4 is 11.1 Å². The monoisotopic (exact) mass is 258 g/mol. The minimum absolute atomic E-state index is 0.250. The molecule has 1 saturated heterocycles. The molecular formula is C11H23BN2O4. The summed E-state index contributed by atoms with van der Waals surface area (Å²) in [5, 5.41) is 20.7. The lowest BCUT2D eigenvalue weighted by molar-refractivity contribution is -0.191. The van der Waals surface area contributed by atoms with Gasteiger partial charge in [-0.25, -0.2) is 0 Å². The van der Waals surface area contributed by atoms with E-state index in [-0.39, 0.29) is 6.15 Å². The Labute approximate surface area is 108 Å². The van der Waals surface area contributed by atoms with Crippen LogP contribution in [0.15, 0.2) is 0 Å². The number of nitrogens with two attached hydrogens (primary N) is 1. The summed E-state index contributed by atoms with van der Waals surface area (Å²) in [5.41, 5.74) is 6.11. The molecule has 1 heterocycles. The van der Waals surface area contributed by atoms with Crippen molar-refractivity contribution in [1.82, 2.24) is 5.32 Å². The molecule has 1 unspecified atom stereocenters. The fraction of sp³-hybridized carbons (Fsp3) is 0.909. The van der Waals surface area contributed by atoms with Crippen molar-refractivity contribution in [3.05, 3.63) is 0 Å². The van der Waals surface area contributed by atoms with Gasteiger partial charge in [0.25, 0.3) is 0 Å². The maximum atomic E-state index is 8.68. The van der Waals surface area contributed by atoms with E-state index in [1.807, 2.05) is 0 Å². The molecule has 0 aromatic heterocycles. The number of piperidine rings is 1. The third-order valence-corrected chi connectivity index (χ3v) is 3.24. The van der Waals surface area contributed by atoms with E-state index in [1.54, 1.807) is 0 Å². The average molecular weight is 258 g/mol. The predicted molar refractivity (Wildman–Crippen MR) is 67.4 cm³/mol. The van der Waals surface area contributed by atoms with Crippen molar-refractivity contribution in [2.24, 2.45) is 11.7 Å². The highest BCUT2D eigenvalue weighted by Crippen LogP contribution is 2.19. The fourth-order valence-electron chi connectivity index (χ4n) is 2.22. The summed E-state index contributed by atoms with van der Waals surface area (Å²) in [6.07, 6.45) is 5.96. The first kappa shape index (κ1) is 17.3. The number of carbonyl (C=O) groups excluding carboxylic acids is 2. The van der Waals surface area contributed by atoms with Gasteiger partial charge in [0, 0.05) is 6.04 Å². The van der Waals surface area contributed by atoms with Crippen molar-refractivity contribution < 1.29 is 19.6 Å². The number of hydrogen-bond donors (Lipinski definition) is 4. The van der Waals surface area contributed by atoms with Crippen molar-refractivity contribution >= 4 is 13.3 Å². The Kier molecular flexibility index (Phi) is 10.9. The summed E-state index contributed by atoms with van der Waals surface area (Å²) in [6, 6.07) is 0.294. The van der Waals surface area contributed by atoms with Gasteiger partial charge in [0.15, 0.2) is 0 Å². The number of rotatable bonds is 6. The standard InChI is InChI=1S/C10H23BN2O2.CO2/c12-10(3-1-2-6-11(14)15)9-4-7-13-8-5-9;2-1-3/h9-10,13-15H,1-8,12H2;. The largest absolute Gasteiger partial charge is 0.451 e. The second-order valence-corrected chi connectivity index (χ2v) is 4.60. The molecular weight excluding hydrogens is 235 g/mol. The normalized spacial score (nSPS) is 17.3. The highest BCUT2D eigenvalue weighted by atomic mass is 16.4. The Balaban J connectivity index is 0.000000873. The Hall–Kier alpha value is -0.715. The van der Waals surface area contributed by atoms with E-state index in [1.165, 1.54) is 12.8 Å². The first-order valence-corrected chi connectivity index (χ1v) is 6.43. The third-order valence-electron chi connectivity index (χ3n) is 3.24. The Morgan fingerprint density at radius 3 is 2.33 bits per heavy atom. The van der Waals surface area contributed by atoms with Crippen LogP contribution in [0.4, 0.5) is 0 Å². The van der Waals surface area contributed by atoms with E-state index in [9.17, 15) is 0 Å². The van der Waals surface area contributed by atoms with Gasteiger partial charge in [-0.1, -0.05) is 12.8 Å². The van der Waals surface area contributed by atoms with E-state index < -0.39 is 7.12 Å². The van der Waals surface area contributed by atoms with Crippen LogP contribution in [0.25, 0.3) is 0 Å². The lowest BCUT2D eigenvalue weighted by atomic mass is 9.82. The Morgan fingerprint density at radius 1 is 1.28 bits per heavy atom. The van der Waals surface area contributed by atoms with Gasteiger partial charge in [-0.2, -0.15) is 9.59 Å². The Morgan fingerprint density at radius 2 is 1.83 bits per heavy atom. The molecule has 0 amide bonds. The van der Waals surface area contributed by atoms with E-state index >= 15 is 0 Å². The molecule has 0 aromatic carbocycles. The summed E-state index contributed by atoms with van der Waals surface area (Å²) in [6.45, 7) is 2.18. The minimum Gasteiger partial charge on any atom is -0.427 e. The van der Waals surface area contributed by atoms with E-state index in [4.69, 9.17) is 25.4 Å². The van der Waals surface area contributed by atoms with Crippen LogP contribution in [-0.4, -0.2) is 42.4 Å². The highest BCUT2D eigenvalue weighted by Gasteiger charge is 2.19. The van der Waals surface area contributed by atoms with Crippen LogP contribution in [-0.2, 0) is 9.59 Å². The van der Waals surface area contributed by atoms with Gasteiger partial charge in [0.05, 0.1) is 0 Å². The smallest absolute Gasteiger partial charge is 0.427 e. The molecule has 18 heavy (non-hydrogen) atoms. The molecule has 1 rings (SSSR count). The second kappa shape index (κ2) is 11.4. The first-order valence-electron chi connectivity index (χ1n) is 6.43. The lowest BCUT2D eigenvalue weighted by Gasteiger charge is -2.28. The molecule has 104 valence electrons. The number of hydrogen-bond acceptors (Lipinski definition) is 6. The van der Waals surface area contributed by atoms with Crippen LogP contribution >= 0.6 is 0 Å². The molecule has 0 saturated carbocycles. The summed E-state index contributed by atoms with van der Waals surface area (Å²) in [5.74, 6) is 0.658. The Bertz CT molecular complexity index is 229. The molecule has 0 radical (unpaired) electrons. The lowest BCUT2D eigenvalue weighted by Crippen LogP contribution is -2.38. The summed E-state index contributed by atoms with van der Waals surface area (Å²) in [4.78, 5) is 16.2. The maximum Gasteiger partial charge on any atom is 0.451 e. The van der Waals surface area contributed by atoms with Gasteiger partial charge < -0.3 is 21.1 Å². The molecule has 1 fully saturated rings. The van der Waals surface area contributed by atoms with Gasteiger partial charge in [-0.05, 0) is 44.6 Å². The highest BCUT2D eigenvalue weighted by molar-refractivity contribution is 6.40. The van der Waals surface area contributed by atoms with E-state index in [0.717, 1.165) is 32.4 Å². The van der Waals surface area contributed by atoms with Crippen LogP contribution in [0.5, 0.6) is 0 Å². The van der Waals surface area contributed by atoms with Gasteiger partial charge in [0.2, 0.25) is 0 Å². The fourth-order valence-corrected chi connectivity index (χ4v) is 2.22. The zero-order valence-corrected chi connectivity index (χ0v) is 10.7. The van der Waals surface area contributed by atoms with Gasteiger partial charge in [0.1, 0.15) is 0 Å². The summed E-state index contributed by atoms with van der Waals surface area (Å²) < 4.78 is 0. The topological polar surface area (TPSA) is 113 Å². The first-order chi connectivity index (χ1) is 8.61. The molecule has 1 aliphatic heterocycles. The molecule has 6 nitrogen and oxygen atoms in total. The summed E-state index contributed by atoms with van der Waals surface area (Å²) >= 11 is 0. The zero-order chi connectivity index (χ0) is 13.8. The van der Waals surface area contributed by atoms with Crippen molar-refractivity contribution in [2.75, 3.05) is 13.1 Å². The molecule has 0 aromatic rings. The maximum absolute atomic E-state index is 8.68. The average Bonchev–Trinajstić information content (AvgIpc) is 2.36. The van der Waals surface area contributed by atoms with E-state index in [2.05, 4.69) is 5.32 Å². The quantitative estimate of drug-likeness (QED) is 0.373. The van der Waals surface area contributed by atoms with Crippen LogP contribution in [0, 0.1) is 5.92 Å². The van der Waals surface area contributed by atoms with Crippen molar-refractivity contribution in [1.29, 1.82) is 0 Å². The summed E-state index contributed by atoms with van der Waals surface area (Å²) in [7, 11) is -1.15. The van der Waals surface area contributed by atoms with Crippen molar-refractivity contribution in [3.8, 4) is 0 Å². The van der Waals surface area contributed by atoms with Crippen LogP contribution in [0.1, 0.15) is 32.1 Å². The van der Waals surface area contributed by atoms with Crippen LogP contribution in [0.3, 0.4) is 0 Å². The molecule has 0 aliphatic carbocycles. The molecule has 0 bridgehead atoms. The van der Waals surface area contributed by atoms with Crippen LogP contribution in [0.2, 0.25) is 6.32 Å². The van der Waals surface area contributed by atoms with Gasteiger partial charge >= 0.3 is 13.3 Å². The minimum atomic E-state index is -1.15.